The van der Waals surface area contributed by atoms with E-state index in [2.05, 4.69) is 9.80 Å². The molecule has 2 aliphatic rings. The van der Waals surface area contributed by atoms with Gasteiger partial charge in [0.25, 0.3) is 0 Å². The Labute approximate surface area is 199 Å². The van der Waals surface area contributed by atoms with E-state index in [1.807, 2.05) is 43.2 Å². The van der Waals surface area contributed by atoms with E-state index in [9.17, 15) is 0 Å². The molecule has 0 radical (unpaired) electrons. The second-order valence-electron chi connectivity index (χ2n) is 7.56. The summed E-state index contributed by atoms with van der Waals surface area (Å²) in [5, 5.41) is 0. The zero-order valence-corrected chi connectivity index (χ0v) is 22.0. The van der Waals surface area contributed by atoms with Gasteiger partial charge in [-0.3, -0.25) is 0 Å². The first-order valence-corrected chi connectivity index (χ1v) is 16.4. The van der Waals surface area contributed by atoms with Crippen LogP contribution in [0.3, 0.4) is 0 Å². The quantitative estimate of drug-likeness (QED) is 0.180. The minimum Gasteiger partial charge on any atom is -0.357 e. The van der Waals surface area contributed by atoms with Gasteiger partial charge in [-0.1, -0.05) is 84.5 Å². The van der Waals surface area contributed by atoms with Crippen LogP contribution in [0.25, 0.3) is 0 Å². The number of hydrogen-bond donors (Lipinski definition) is 0. The molecule has 2 heterocycles. The molecular weight excluding hydrogens is 461 g/mol. The highest BCUT2D eigenvalue weighted by molar-refractivity contribution is 8.84. The van der Waals surface area contributed by atoms with Crippen LogP contribution in [0.5, 0.6) is 0 Å². The molecule has 2 saturated heterocycles. The SMILES string of the molecule is S=C(SSCCCCCCSSC(=S)N1CCCCCC1)N1CCCCCC1. The third-order valence-corrected chi connectivity index (χ3v) is 11.4. The Balaban J connectivity index is 1.37. The maximum Gasteiger partial charge on any atom is 0.147 e. The third-order valence-electron chi connectivity index (χ3n) is 5.19. The lowest BCUT2D eigenvalue weighted by atomic mass is 10.2. The number of nitrogens with zero attached hydrogens (tertiary/aromatic N) is 2. The Hall–Kier alpha value is 1.18. The molecular formula is C20H36N2S6. The van der Waals surface area contributed by atoms with Gasteiger partial charge in [-0.05, 0) is 60.1 Å². The minimum atomic E-state index is 1.11. The van der Waals surface area contributed by atoms with Crippen molar-refractivity contribution in [2.75, 3.05) is 37.7 Å². The van der Waals surface area contributed by atoms with Gasteiger partial charge in [0.2, 0.25) is 0 Å². The lowest BCUT2D eigenvalue weighted by molar-refractivity contribution is 0.450. The summed E-state index contributed by atoms with van der Waals surface area (Å²) in [7, 11) is 7.57. The van der Waals surface area contributed by atoms with Crippen molar-refractivity contribution in [1.29, 1.82) is 0 Å². The summed E-state index contributed by atoms with van der Waals surface area (Å²) in [6.45, 7) is 4.68. The number of rotatable bonds is 9. The standard InChI is InChI=1S/C20H36N2S6/c23-19(21-13-7-1-2-8-14-21)27-25-17-11-5-6-12-18-26-28-20(24)22-15-9-3-4-10-16-22/h1-18H2. The predicted molar refractivity (Wildman–Crippen MR) is 144 cm³/mol. The Morgan fingerprint density at radius 1 is 0.536 bits per heavy atom. The van der Waals surface area contributed by atoms with Crippen LogP contribution in [-0.4, -0.2) is 56.1 Å². The fraction of sp³-hybridized carbons (Fsp3) is 0.900. The van der Waals surface area contributed by atoms with E-state index in [0.29, 0.717) is 0 Å². The van der Waals surface area contributed by atoms with Gasteiger partial charge in [-0.25, -0.2) is 0 Å². The van der Waals surface area contributed by atoms with Crippen molar-refractivity contribution in [3.63, 3.8) is 0 Å². The molecule has 8 heteroatoms. The van der Waals surface area contributed by atoms with Gasteiger partial charge in [-0.2, -0.15) is 0 Å². The third kappa shape index (κ3) is 11.5. The minimum absolute atomic E-state index is 1.11. The molecule has 2 aliphatic heterocycles. The van der Waals surface area contributed by atoms with E-state index < -0.39 is 0 Å². The van der Waals surface area contributed by atoms with E-state index in [-0.39, 0.29) is 0 Å². The number of likely N-dealkylation sites (tertiary alicyclic amines) is 2. The van der Waals surface area contributed by atoms with Gasteiger partial charge < -0.3 is 9.80 Å². The van der Waals surface area contributed by atoms with Gasteiger partial charge in [-0.15, -0.1) is 0 Å². The fourth-order valence-electron chi connectivity index (χ4n) is 3.47. The molecule has 0 aromatic heterocycles. The average molecular weight is 497 g/mol. The molecule has 0 unspecified atom stereocenters. The number of unbranched alkanes of at least 4 members (excludes halogenated alkanes) is 3. The largest absolute Gasteiger partial charge is 0.357 e. The van der Waals surface area contributed by atoms with Crippen molar-refractivity contribution in [3.8, 4) is 0 Å². The van der Waals surface area contributed by atoms with Gasteiger partial charge in [0.1, 0.15) is 8.64 Å². The fourth-order valence-corrected chi connectivity index (χ4v) is 8.74. The molecule has 162 valence electrons. The summed E-state index contributed by atoms with van der Waals surface area (Å²) in [4.78, 5) is 4.84. The highest BCUT2D eigenvalue weighted by Crippen LogP contribution is 2.29. The Morgan fingerprint density at radius 3 is 1.25 bits per heavy atom. The monoisotopic (exact) mass is 496 g/mol. The molecule has 0 N–H and O–H groups in total. The second-order valence-corrected chi connectivity index (χ2v) is 13.7. The molecule has 28 heavy (non-hydrogen) atoms. The molecule has 0 bridgehead atoms. The molecule has 0 saturated carbocycles. The maximum atomic E-state index is 5.61. The first kappa shape index (κ1) is 25.4. The van der Waals surface area contributed by atoms with Crippen LogP contribution in [0.15, 0.2) is 0 Å². The zero-order chi connectivity index (χ0) is 19.9. The normalized spacial score (nSPS) is 18.6. The first-order chi connectivity index (χ1) is 13.8. The zero-order valence-electron chi connectivity index (χ0n) is 17.1. The van der Waals surface area contributed by atoms with E-state index in [1.54, 1.807) is 0 Å². The molecule has 0 aromatic rings. The van der Waals surface area contributed by atoms with Crippen LogP contribution in [0, 0.1) is 0 Å². The van der Waals surface area contributed by atoms with Crippen LogP contribution in [0.4, 0.5) is 0 Å². The molecule has 0 aromatic carbocycles. The van der Waals surface area contributed by atoms with Crippen molar-refractivity contribution >= 4 is 76.3 Å². The highest BCUT2D eigenvalue weighted by Gasteiger charge is 2.13. The van der Waals surface area contributed by atoms with Crippen molar-refractivity contribution < 1.29 is 0 Å². The summed E-state index contributed by atoms with van der Waals surface area (Å²) in [6.07, 6.45) is 16.0. The van der Waals surface area contributed by atoms with Crippen LogP contribution >= 0.6 is 67.6 Å². The lowest BCUT2D eigenvalue weighted by Gasteiger charge is -2.22. The highest BCUT2D eigenvalue weighted by atomic mass is 33.1. The molecule has 2 nitrogen and oxygen atoms in total. The summed E-state index contributed by atoms with van der Waals surface area (Å²) >= 11 is 11.2. The van der Waals surface area contributed by atoms with Crippen molar-refractivity contribution in [2.45, 2.75) is 77.0 Å². The predicted octanol–water partition coefficient (Wildman–Crippen LogP) is 7.63. The van der Waals surface area contributed by atoms with Crippen molar-refractivity contribution in [1.82, 2.24) is 9.80 Å². The topological polar surface area (TPSA) is 6.48 Å². The molecule has 0 atom stereocenters. The molecule has 0 amide bonds. The van der Waals surface area contributed by atoms with Crippen LogP contribution in [0.2, 0.25) is 0 Å². The Bertz CT molecular complexity index is 392. The number of thiocarbonyl (C=S) groups is 2. The van der Waals surface area contributed by atoms with E-state index in [0.717, 1.165) is 8.64 Å². The summed E-state index contributed by atoms with van der Waals surface area (Å²) in [5.74, 6) is 2.44. The maximum absolute atomic E-state index is 5.61. The molecule has 2 rings (SSSR count). The van der Waals surface area contributed by atoms with Gasteiger partial charge in [0.05, 0.1) is 0 Å². The second kappa shape index (κ2) is 16.8. The summed E-state index contributed by atoms with van der Waals surface area (Å²) in [6, 6.07) is 0. The average Bonchev–Trinajstić information content (AvgIpc) is 3.14. The molecule has 2 fully saturated rings. The first-order valence-electron chi connectivity index (χ1n) is 10.9. The number of hydrogen-bond acceptors (Lipinski definition) is 6. The lowest BCUT2D eigenvalue weighted by Crippen LogP contribution is -2.27. The smallest absolute Gasteiger partial charge is 0.147 e. The van der Waals surface area contributed by atoms with Crippen molar-refractivity contribution in [3.05, 3.63) is 0 Å². The van der Waals surface area contributed by atoms with E-state index in [4.69, 9.17) is 24.4 Å². The van der Waals surface area contributed by atoms with Crippen LogP contribution < -0.4 is 0 Å². The van der Waals surface area contributed by atoms with E-state index in [1.165, 1.54) is 115 Å². The summed E-state index contributed by atoms with van der Waals surface area (Å²) < 4.78 is 2.22. The molecule has 0 aliphatic carbocycles. The van der Waals surface area contributed by atoms with Crippen LogP contribution in [0.1, 0.15) is 77.0 Å². The Kier molecular flexibility index (Phi) is 15.3. The summed E-state index contributed by atoms with van der Waals surface area (Å²) in [5.41, 5.74) is 0. The van der Waals surface area contributed by atoms with E-state index >= 15 is 0 Å². The van der Waals surface area contributed by atoms with Gasteiger partial charge in [0, 0.05) is 37.7 Å². The van der Waals surface area contributed by atoms with Gasteiger partial charge in [0.15, 0.2) is 0 Å². The van der Waals surface area contributed by atoms with Gasteiger partial charge >= 0.3 is 0 Å². The Morgan fingerprint density at radius 2 is 0.893 bits per heavy atom. The van der Waals surface area contributed by atoms with Crippen molar-refractivity contribution in [2.24, 2.45) is 0 Å². The molecule has 0 spiro atoms. The van der Waals surface area contributed by atoms with Crippen LogP contribution in [-0.2, 0) is 0 Å².